The van der Waals surface area contributed by atoms with Crippen molar-refractivity contribution in [2.75, 3.05) is 6.61 Å². The second-order valence-corrected chi connectivity index (χ2v) is 2.92. The summed E-state index contributed by atoms with van der Waals surface area (Å²) >= 11 is 0. The van der Waals surface area contributed by atoms with Crippen LogP contribution in [0, 0.1) is 23.3 Å². The number of aliphatic hydroxyl groups is 2. The molecule has 0 fully saturated rings. The molecule has 0 amide bonds. The molecule has 0 aliphatic carbocycles. The molecule has 6 heteroatoms. The highest BCUT2D eigenvalue weighted by atomic mass is 19.2. The van der Waals surface area contributed by atoms with Gasteiger partial charge in [0.25, 0.3) is 0 Å². The number of hydrogen-bond acceptors (Lipinski definition) is 2. The van der Waals surface area contributed by atoms with E-state index >= 15 is 0 Å². The van der Waals surface area contributed by atoms with E-state index in [4.69, 9.17) is 5.11 Å². The zero-order valence-corrected chi connectivity index (χ0v) is 7.48. The van der Waals surface area contributed by atoms with Gasteiger partial charge in [-0.1, -0.05) is 0 Å². The Morgan fingerprint density at radius 1 is 1.07 bits per heavy atom. The first-order chi connectivity index (χ1) is 6.99. The van der Waals surface area contributed by atoms with Gasteiger partial charge in [-0.25, -0.2) is 17.6 Å². The summed E-state index contributed by atoms with van der Waals surface area (Å²) in [4.78, 5) is 0. The van der Waals surface area contributed by atoms with Crippen LogP contribution in [0.5, 0.6) is 0 Å². The number of benzene rings is 1. The third-order valence-corrected chi connectivity index (χ3v) is 1.89. The summed E-state index contributed by atoms with van der Waals surface area (Å²) in [5, 5.41) is 17.6. The Morgan fingerprint density at radius 2 is 1.67 bits per heavy atom. The van der Waals surface area contributed by atoms with Crippen LogP contribution in [-0.2, 0) is 0 Å². The molecule has 0 spiro atoms. The molecule has 1 rings (SSSR count). The van der Waals surface area contributed by atoms with Gasteiger partial charge in [-0.05, 0) is 6.07 Å². The maximum absolute atomic E-state index is 13.0. The van der Waals surface area contributed by atoms with Gasteiger partial charge < -0.3 is 10.2 Å². The maximum atomic E-state index is 13.0. The molecule has 15 heavy (non-hydrogen) atoms. The molecule has 2 nitrogen and oxygen atoms in total. The Bertz CT molecular complexity index is 368. The lowest BCUT2D eigenvalue weighted by molar-refractivity contribution is 0.129. The van der Waals surface area contributed by atoms with Gasteiger partial charge in [-0.3, -0.25) is 0 Å². The second-order valence-electron chi connectivity index (χ2n) is 2.92. The molecule has 0 aromatic heterocycles. The molecule has 0 saturated heterocycles. The van der Waals surface area contributed by atoms with E-state index in [0.717, 1.165) is 0 Å². The van der Waals surface area contributed by atoms with Crippen molar-refractivity contribution in [3.63, 3.8) is 0 Å². The Hall–Kier alpha value is -1.14. The first kappa shape index (κ1) is 11.9. The van der Waals surface area contributed by atoms with E-state index in [-0.39, 0.29) is 6.42 Å². The molecule has 0 aliphatic rings. The summed E-state index contributed by atoms with van der Waals surface area (Å²) in [6.07, 6.45) is -1.86. The van der Waals surface area contributed by atoms with Crippen LogP contribution in [0.25, 0.3) is 0 Å². The van der Waals surface area contributed by atoms with Gasteiger partial charge in [0.1, 0.15) is 0 Å². The zero-order chi connectivity index (χ0) is 11.6. The molecule has 0 bridgehead atoms. The highest BCUT2D eigenvalue weighted by Gasteiger charge is 2.22. The molecule has 1 unspecified atom stereocenters. The van der Waals surface area contributed by atoms with Gasteiger partial charge in [0, 0.05) is 18.6 Å². The summed E-state index contributed by atoms with van der Waals surface area (Å²) < 4.78 is 50.8. The summed E-state index contributed by atoms with van der Waals surface area (Å²) in [7, 11) is 0. The molecule has 1 aromatic rings. The largest absolute Gasteiger partial charge is 0.396 e. The second kappa shape index (κ2) is 4.59. The summed E-state index contributed by atoms with van der Waals surface area (Å²) in [5.41, 5.74) is -0.708. The molecule has 0 saturated carbocycles. The van der Waals surface area contributed by atoms with Gasteiger partial charge in [0.2, 0.25) is 0 Å². The zero-order valence-electron chi connectivity index (χ0n) is 7.48. The third-order valence-electron chi connectivity index (χ3n) is 1.89. The summed E-state index contributed by atoms with van der Waals surface area (Å²) in [6, 6.07) is 0.369. The Balaban J connectivity index is 3.19. The van der Waals surface area contributed by atoms with Crippen molar-refractivity contribution in [1.29, 1.82) is 0 Å². The van der Waals surface area contributed by atoms with Crippen molar-refractivity contribution in [1.82, 2.24) is 0 Å². The first-order valence-electron chi connectivity index (χ1n) is 4.10. The number of hydrogen-bond donors (Lipinski definition) is 2. The highest BCUT2D eigenvalue weighted by molar-refractivity contribution is 5.23. The lowest BCUT2D eigenvalue weighted by atomic mass is 10.1. The Labute approximate surface area is 82.8 Å². The van der Waals surface area contributed by atoms with Gasteiger partial charge in [-0.2, -0.15) is 0 Å². The van der Waals surface area contributed by atoms with E-state index in [0.29, 0.717) is 6.07 Å². The Morgan fingerprint density at radius 3 is 2.20 bits per heavy atom. The summed E-state index contributed by atoms with van der Waals surface area (Å²) in [6.45, 7) is -0.485. The standard InChI is InChI=1S/C9H8F4O2/c10-5-3-4(6(15)1-2-14)7(11)9(13)8(5)12/h3,6,14-15H,1-2H2. The van der Waals surface area contributed by atoms with Crippen molar-refractivity contribution in [3.05, 3.63) is 34.9 Å². The van der Waals surface area contributed by atoms with Crippen LogP contribution in [0.15, 0.2) is 6.07 Å². The molecule has 0 radical (unpaired) electrons. The van der Waals surface area contributed by atoms with Crippen LogP contribution in [0.3, 0.4) is 0 Å². The normalized spacial score (nSPS) is 12.9. The van der Waals surface area contributed by atoms with Crippen LogP contribution in [0.2, 0.25) is 0 Å². The number of aliphatic hydroxyl groups excluding tert-OH is 2. The summed E-state index contributed by atoms with van der Waals surface area (Å²) in [5.74, 6) is -7.12. The molecular weight excluding hydrogens is 216 g/mol. The molecule has 1 aromatic carbocycles. The van der Waals surface area contributed by atoms with E-state index in [1.807, 2.05) is 0 Å². The fourth-order valence-electron chi connectivity index (χ4n) is 1.11. The number of rotatable bonds is 3. The Kier molecular flexibility index (Phi) is 3.65. The molecule has 0 heterocycles. The third kappa shape index (κ3) is 2.27. The van der Waals surface area contributed by atoms with E-state index in [9.17, 15) is 22.7 Å². The average molecular weight is 224 g/mol. The van der Waals surface area contributed by atoms with Crippen LogP contribution in [0.1, 0.15) is 18.1 Å². The monoisotopic (exact) mass is 224 g/mol. The predicted octanol–water partition coefficient (Wildman–Crippen LogP) is 1.66. The maximum Gasteiger partial charge on any atom is 0.197 e. The topological polar surface area (TPSA) is 40.5 Å². The SMILES string of the molecule is OCCC(O)c1cc(F)c(F)c(F)c1F. The van der Waals surface area contributed by atoms with Crippen molar-refractivity contribution < 1.29 is 27.8 Å². The van der Waals surface area contributed by atoms with Gasteiger partial charge in [0.05, 0.1) is 6.10 Å². The number of halogens is 4. The van der Waals surface area contributed by atoms with Gasteiger partial charge in [-0.15, -0.1) is 0 Å². The average Bonchev–Trinajstić information content (AvgIpc) is 2.20. The smallest absolute Gasteiger partial charge is 0.197 e. The minimum absolute atomic E-state index is 0.290. The lowest BCUT2D eigenvalue weighted by Crippen LogP contribution is -2.08. The molecule has 0 aliphatic heterocycles. The van der Waals surface area contributed by atoms with E-state index < -0.39 is 41.5 Å². The minimum atomic E-state index is -1.97. The first-order valence-corrected chi connectivity index (χ1v) is 4.10. The highest BCUT2D eigenvalue weighted by Crippen LogP contribution is 2.25. The van der Waals surface area contributed by atoms with Crippen LogP contribution >= 0.6 is 0 Å². The molecule has 84 valence electrons. The van der Waals surface area contributed by atoms with Crippen LogP contribution in [0.4, 0.5) is 17.6 Å². The minimum Gasteiger partial charge on any atom is -0.396 e. The van der Waals surface area contributed by atoms with Crippen LogP contribution < -0.4 is 0 Å². The van der Waals surface area contributed by atoms with Crippen molar-refractivity contribution in [3.8, 4) is 0 Å². The van der Waals surface area contributed by atoms with Gasteiger partial charge >= 0.3 is 0 Å². The van der Waals surface area contributed by atoms with Gasteiger partial charge in [0.15, 0.2) is 23.3 Å². The van der Waals surface area contributed by atoms with E-state index in [2.05, 4.69) is 0 Å². The fraction of sp³-hybridized carbons (Fsp3) is 0.333. The quantitative estimate of drug-likeness (QED) is 0.465. The van der Waals surface area contributed by atoms with E-state index in [1.165, 1.54) is 0 Å². The van der Waals surface area contributed by atoms with Crippen molar-refractivity contribution >= 4 is 0 Å². The fourth-order valence-corrected chi connectivity index (χ4v) is 1.11. The lowest BCUT2D eigenvalue weighted by Gasteiger charge is -2.11. The molecule has 2 N–H and O–H groups in total. The van der Waals surface area contributed by atoms with Crippen LogP contribution in [-0.4, -0.2) is 16.8 Å². The van der Waals surface area contributed by atoms with Crippen molar-refractivity contribution in [2.45, 2.75) is 12.5 Å². The van der Waals surface area contributed by atoms with E-state index in [1.54, 1.807) is 0 Å². The molecule has 1 atom stereocenters. The molecular formula is C9H8F4O2. The van der Waals surface area contributed by atoms with Crippen molar-refractivity contribution in [2.24, 2.45) is 0 Å². The predicted molar refractivity (Wildman–Crippen MR) is 42.9 cm³/mol.